The number of fused-ring (bicyclic) bond motifs is 1. The van der Waals surface area contributed by atoms with Crippen molar-refractivity contribution in [3.63, 3.8) is 0 Å². The third kappa shape index (κ3) is 4.24. The van der Waals surface area contributed by atoms with Crippen LogP contribution in [-0.4, -0.2) is 83.0 Å². The molecule has 2 aliphatic rings. The lowest BCUT2D eigenvalue weighted by Crippen LogP contribution is -2.60. The average Bonchev–Trinajstić information content (AvgIpc) is 2.84. The molecular weight excluding hydrogens is 452 g/mol. The Bertz CT molecular complexity index is 1030. The smallest absolute Gasteiger partial charge is 0.342 e. The van der Waals surface area contributed by atoms with Gasteiger partial charge >= 0.3 is 5.97 Å². The zero-order chi connectivity index (χ0) is 24.6. The predicted octanol–water partition coefficient (Wildman–Crippen LogP) is 0.0423. The zero-order valence-corrected chi connectivity index (χ0v) is 18.5. The van der Waals surface area contributed by atoms with Crippen LogP contribution in [0.5, 0.6) is 23.0 Å². The molecule has 11 nitrogen and oxygen atoms in total. The van der Waals surface area contributed by atoms with Gasteiger partial charge in [-0.05, 0) is 23.8 Å². The number of carbonyl (C=O) groups is 1. The first-order valence-corrected chi connectivity index (χ1v) is 10.5. The summed E-state index contributed by atoms with van der Waals surface area (Å²) < 4.78 is 27.1. The van der Waals surface area contributed by atoms with E-state index in [9.17, 15) is 30.3 Å². The second kappa shape index (κ2) is 9.65. The van der Waals surface area contributed by atoms with Gasteiger partial charge in [0.15, 0.2) is 11.5 Å². The van der Waals surface area contributed by atoms with Crippen molar-refractivity contribution in [1.82, 2.24) is 0 Å². The van der Waals surface area contributed by atoms with Crippen LogP contribution < -0.4 is 14.2 Å². The van der Waals surface area contributed by atoms with E-state index in [0.717, 1.165) is 0 Å². The van der Waals surface area contributed by atoms with Gasteiger partial charge in [-0.1, -0.05) is 12.1 Å². The number of phenolic OH excluding ortho intramolecular Hbond substituents is 1. The molecule has 0 aromatic heterocycles. The quantitative estimate of drug-likeness (QED) is 0.356. The summed E-state index contributed by atoms with van der Waals surface area (Å²) in [7, 11) is 2.78. The third-order valence-corrected chi connectivity index (χ3v) is 5.94. The highest BCUT2D eigenvalue weighted by molar-refractivity contribution is 5.95. The Morgan fingerprint density at radius 2 is 1.68 bits per heavy atom. The van der Waals surface area contributed by atoms with Gasteiger partial charge in [-0.3, -0.25) is 0 Å². The molecule has 1 saturated heterocycles. The number of carbonyl (C=O) groups excluding carboxylic acids is 1. The zero-order valence-electron chi connectivity index (χ0n) is 18.5. The van der Waals surface area contributed by atoms with E-state index in [-0.39, 0.29) is 35.0 Å². The van der Waals surface area contributed by atoms with E-state index in [1.807, 2.05) is 0 Å². The Morgan fingerprint density at radius 3 is 2.29 bits per heavy atom. The van der Waals surface area contributed by atoms with Gasteiger partial charge in [0.05, 0.1) is 20.8 Å². The van der Waals surface area contributed by atoms with Crippen molar-refractivity contribution in [2.24, 2.45) is 0 Å². The van der Waals surface area contributed by atoms with Gasteiger partial charge in [0.2, 0.25) is 12.0 Å². The number of methoxy groups -OCH3 is 2. The number of aromatic hydroxyl groups is 1. The van der Waals surface area contributed by atoms with Crippen molar-refractivity contribution in [1.29, 1.82) is 0 Å². The number of cyclic esters (lactones) is 1. The van der Waals surface area contributed by atoms with E-state index in [0.29, 0.717) is 11.1 Å². The molecule has 11 heteroatoms. The van der Waals surface area contributed by atoms with E-state index >= 15 is 0 Å². The highest BCUT2D eigenvalue weighted by Gasteiger charge is 2.45. The summed E-state index contributed by atoms with van der Waals surface area (Å²) in [5.74, 6) is -0.498. The maximum atomic E-state index is 13.0. The molecule has 0 saturated carbocycles. The fourth-order valence-corrected chi connectivity index (χ4v) is 4.08. The second-order valence-corrected chi connectivity index (χ2v) is 7.98. The van der Waals surface area contributed by atoms with E-state index < -0.39 is 49.4 Å². The molecule has 5 N–H and O–H groups in total. The standard InChI is InChI=1S/C23H26O11/c1-30-14-7-11(8-15(31-2)18(14)25)13-6-10-4-3-5-12(17(10)22(29)32-13)33-23-21(28)20(27)19(26)16(9-24)34-23/h3-5,7-8,13,16,19-21,23-28H,6,9H2,1-2H3/t13?,16-,19-,20+,21-,23-/m1/s1. The summed E-state index contributed by atoms with van der Waals surface area (Å²) in [6.07, 6.45) is -7.81. The molecule has 0 amide bonds. The normalized spacial score (nSPS) is 28.6. The van der Waals surface area contributed by atoms with E-state index in [2.05, 4.69) is 0 Å². The minimum Gasteiger partial charge on any atom is -0.502 e. The van der Waals surface area contributed by atoms with Gasteiger partial charge < -0.3 is 49.2 Å². The molecule has 1 unspecified atom stereocenters. The first-order chi connectivity index (χ1) is 16.3. The van der Waals surface area contributed by atoms with Gasteiger partial charge in [-0.25, -0.2) is 4.79 Å². The maximum Gasteiger partial charge on any atom is 0.342 e. The summed E-state index contributed by atoms with van der Waals surface area (Å²) in [6, 6.07) is 7.95. The van der Waals surface area contributed by atoms with Crippen molar-refractivity contribution < 1.29 is 54.0 Å². The third-order valence-electron chi connectivity index (χ3n) is 5.94. The minimum atomic E-state index is -1.63. The molecule has 0 aliphatic carbocycles. The number of benzene rings is 2. The minimum absolute atomic E-state index is 0.0474. The largest absolute Gasteiger partial charge is 0.502 e. The molecule has 6 atom stereocenters. The van der Waals surface area contributed by atoms with Gasteiger partial charge in [0.25, 0.3) is 0 Å². The van der Waals surface area contributed by atoms with Gasteiger partial charge in [0, 0.05) is 12.0 Å². The lowest BCUT2D eigenvalue weighted by atomic mass is 9.93. The van der Waals surface area contributed by atoms with Crippen molar-refractivity contribution in [2.45, 2.75) is 43.2 Å². The van der Waals surface area contributed by atoms with E-state index in [1.54, 1.807) is 24.3 Å². The van der Waals surface area contributed by atoms with Crippen LogP contribution in [0.4, 0.5) is 0 Å². The molecule has 2 aromatic rings. The molecule has 1 fully saturated rings. The fourth-order valence-electron chi connectivity index (χ4n) is 4.08. The molecule has 2 heterocycles. The van der Waals surface area contributed by atoms with Gasteiger partial charge in [-0.2, -0.15) is 0 Å². The number of hydrogen-bond acceptors (Lipinski definition) is 11. The topological polar surface area (TPSA) is 164 Å². The van der Waals surface area contributed by atoms with E-state index in [4.69, 9.17) is 23.7 Å². The maximum absolute atomic E-state index is 13.0. The van der Waals surface area contributed by atoms with Crippen LogP contribution in [0.2, 0.25) is 0 Å². The Morgan fingerprint density at radius 1 is 1.00 bits per heavy atom. The van der Waals surface area contributed by atoms with Crippen molar-refractivity contribution in [3.8, 4) is 23.0 Å². The van der Waals surface area contributed by atoms with Crippen molar-refractivity contribution in [3.05, 3.63) is 47.0 Å². The number of rotatable bonds is 6. The molecule has 2 aliphatic heterocycles. The monoisotopic (exact) mass is 478 g/mol. The van der Waals surface area contributed by atoms with Crippen molar-refractivity contribution in [2.75, 3.05) is 20.8 Å². The Hall–Kier alpha value is -3.09. The molecular formula is C23H26O11. The van der Waals surface area contributed by atoms with Crippen LogP contribution in [0.3, 0.4) is 0 Å². The second-order valence-electron chi connectivity index (χ2n) is 7.98. The highest BCUT2D eigenvalue weighted by atomic mass is 16.7. The Labute approximate surface area is 194 Å². The predicted molar refractivity (Wildman–Crippen MR) is 114 cm³/mol. The molecule has 2 aromatic carbocycles. The number of phenols is 1. The van der Waals surface area contributed by atoms with Crippen LogP contribution in [0.1, 0.15) is 27.6 Å². The lowest BCUT2D eigenvalue weighted by Gasteiger charge is -2.40. The SMILES string of the molecule is COc1cc(C2Cc3cccc(O[C@@H]4O[C@H](CO)[C@@H](O)[C@H](O)[C@H]4O)c3C(=O)O2)cc(OC)c1O. The molecule has 34 heavy (non-hydrogen) atoms. The van der Waals surface area contributed by atoms with Crippen LogP contribution in [0, 0.1) is 0 Å². The van der Waals surface area contributed by atoms with Gasteiger partial charge in [0.1, 0.15) is 41.8 Å². The molecule has 0 bridgehead atoms. The highest BCUT2D eigenvalue weighted by Crippen LogP contribution is 2.42. The first kappa shape index (κ1) is 24.0. The van der Waals surface area contributed by atoms with Crippen LogP contribution in [0.25, 0.3) is 0 Å². The average molecular weight is 478 g/mol. The lowest BCUT2D eigenvalue weighted by molar-refractivity contribution is -0.277. The summed E-state index contributed by atoms with van der Waals surface area (Å²) in [4.78, 5) is 13.0. The molecule has 0 spiro atoms. The summed E-state index contributed by atoms with van der Waals surface area (Å²) in [5, 5.41) is 49.7. The summed E-state index contributed by atoms with van der Waals surface area (Å²) >= 11 is 0. The molecule has 184 valence electrons. The number of hydrogen-bond donors (Lipinski definition) is 5. The number of esters is 1. The van der Waals surface area contributed by atoms with Gasteiger partial charge in [-0.15, -0.1) is 0 Å². The summed E-state index contributed by atoms with van der Waals surface area (Å²) in [5.41, 5.74) is 1.26. The fraction of sp³-hybridized carbons (Fsp3) is 0.435. The van der Waals surface area contributed by atoms with Crippen molar-refractivity contribution >= 4 is 5.97 Å². The molecule has 4 rings (SSSR count). The molecule has 0 radical (unpaired) electrons. The van der Waals surface area contributed by atoms with Crippen LogP contribution in [-0.2, 0) is 15.9 Å². The first-order valence-electron chi connectivity index (χ1n) is 10.5. The Balaban J connectivity index is 1.61. The van der Waals surface area contributed by atoms with Crippen LogP contribution >= 0.6 is 0 Å². The number of aliphatic hydroxyl groups is 4. The van der Waals surface area contributed by atoms with Crippen LogP contribution in [0.15, 0.2) is 30.3 Å². The number of ether oxygens (including phenoxy) is 5. The summed E-state index contributed by atoms with van der Waals surface area (Å²) in [6.45, 7) is -0.610. The number of aliphatic hydroxyl groups excluding tert-OH is 4. The van der Waals surface area contributed by atoms with E-state index in [1.165, 1.54) is 20.3 Å². The Kier molecular flexibility index (Phi) is 6.82.